The van der Waals surface area contributed by atoms with E-state index in [1.54, 1.807) is 16.8 Å². The van der Waals surface area contributed by atoms with E-state index in [-0.39, 0.29) is 11.4 Å². The molecule has 0 unspecified atom stereocenters. The molecule has 0 aliphatic heterocycles. The second-order valence-corrected chi connectivity index (χ2v) is 6.82. The molecule has 2 rings (SSSR count). The Balaban J connectivity index is 2.39. The predicted molar refractivity (Wildman–Crippen MR) is 82.9 cm³/mol. The highest BCUT2D eigenvalue weighted by Gasteiger charge is 2.16. The van der Waals surface area contributed by atoms with E-state index in [2.05, 4.69) is 47.1 Å². The van der Waals surface area contributed by atoms with Crippen molar-refractivity contribution in [1.29, 1.82) is 0 Å². The molecule has 0 aliphatic carbocycles. The zero-order valence-corrected chi connectivity index (χ0v) is 13.8. The molecular formula is C15H19BrFN3. The van der Waals surface area contributed by atoms with E-state index in [4.69, 9.17) is 0 Å². The van der Waals surface area contributed by atoms with E-state index < -0.39 is 0 Å². The summed E-state index contributed by atoms with van der Waals surface area (Å²) < 4.78 is 16.6. The first kappa shape index (κ1) is 15.2. The van der Waals surface area contributed by atoms with E-state index in [1.807, 2.05) is 13.2 Å². The van der Waals surface area contributed by atoms with Crippen molar-refractivity contribution in [2.45, 2.75) is 32.9 Å². The van der Waals surface area contributed by atoms with Gasteiger partial charge in [-0.1, -0.05) is 15.9 Å². The van der Waals surface area contributed by atoms with Crippen LogP contribution in [-0.2, 0) is 13.6 Å². The average Bonchev–Trinajstić information content (AvgIpc) is 2.70. The Morgan fingerprint density at radius 3 is 2.70 bits per heavy atom. The van der Waals surface area contributed by atoms with Gasteiger partial charge in [-0.05, 0) is 39.0 Å². The first-order valence-electron chi connectivity index (χ1n) is 6.49. The van der Waals surface area contributed by atoms with Gasteiger partial charge in [0, 0.05) is 40.9 Å². The smallest absolute Gasteiger partial charge is 0.132 e. The van der Waals surface area contributed by atoms with Crippen molar-refractivity contribution >= 4 is 15.9 Å². The van der Waals surface area contributed by atoms with Gasteiger partial charge in [-0.25, -0.2) is 4.39 Å². The molecule has 0 saturated heterocycles. The largest absolute Gasteiger partial charge is 0.308 e. The number of aromatic nitrogens is 2. The number of nitrogens with one attached hydrogen (secondary N) is 1. The molecule has 0 spiro atoms. The Bertz CT molecular complexity index is 614. The monoisotopic (exact) mass is 339 g/mol. The van der Waals surface area contributed by atoms with Crippen LogP contribution in [0.1, 0.15) is 26.3 Å². The predicted octanol–water partition coefficient (Wildman–Crippen LogP) is 3.88. The van der Waals surface area contributed by atoms with Crippen LogP contribution in [0.25, 0.3) is 11.3 Å². The number of aryl methyl sites for hydroxylation is 1. The molecule has 2 aromatic rings. The fourth-order valence-corrected chi connectivity index (χ4v) is 2.29. The summed E-state index contributed by atoms with van der Waals surface area (Å²) in [5.74, 6) is -0.260. The zero-order chi connectivity index (χ0) is 14.9. The summed E-state index contributed by atoms with van der Waals surface area (Å²) in [6.45, 7) is 6.95. The van der Waals surface area contributed by atoms with Gasteiger partial charge in [0.05, 0.1) is 5.69 Å². The van der Waals surface area contributed by atoms with Crippen molar-refractivity contribution in [2.75, 3.05) is 0 Å². The summed E-state index contributed by atoms with van der Waals surface area (Å²) in [5.41, 5.74) is 2.19. The maximum absolute atomic E-state index is 14.0. The molecule has 0 radical (unpaired) electrons. The van der Waals surface area contributed by atoms with E-state index in [0.29, 0.717) is 17.8 Å². The molecule has 0 atom stereocenters. The van der Waals surface area contributed by atoms with Crippen LogP contribution in [0, 0.1) is 5.82 Å². The number of benzene rings is 1. The summed E-state index contributed by atoms with van der Waals surface area (Å²) >= 11 is 3.38. The Labute approximate surface area is 127 Å². The van der Waals surface area contributed by atoms with Crippen LogP contribution in [0.2, 0.25) is 0 Å². The van der Waals surface area contributed by atoms with Gasteiger partial charge in [-0.15, -0.1) is 0 Å². The highest BCUT2D eigenvalue weighted by atomic mass is 79.9. The second-order valence-electron chi connectivity index (χ2n) is 5.90. The SMILES string of the molecule is Cn1cc(CNC(C)(C)C)c(-c2cc(Br)ccc2F)n1. The Morgan fingerprint density at radius 1 is 1.35 bits per heavy atom. The van der Waals surface area contributed by atoms with Gasteiger partial charge in [0.15, 0.2) is 0 Å². The molecule has 0 amide bonds. The Kier molecular flexibility index (Phi) is 4.30. The zero-order valence-electron chi connectivity index (χ0n) is 12.2. The molecule has 1 heterocycles. The van der Waals surface area contributed by atoms with Crippen molar-refractivity contribution in [1.82, 2.24) is 15.1 Å². The standard InChI is InChI=1S/C15H19BrFN3/c1-15(2,3)18-8-10-9-20(4)19-14(10)12-7-11(16)5-6-13(12)17/h5-7,9,18H,8H2,1-4H3. The van der Waals surface area contributed by atoms with Gasteiger partial charge < -0.3 is 5.32 Å². The number of nitrogens with zero attached hydrogens (tertiary/aromatic N) is 2. The molecule has 0 fully saturated rings. The number of hydrogen-bond acceptors (Lipinski definition) is 2. The maximum Gasteiger partial charge on any atom is 0.132 e. The lowest BCUT2D eigenvalue weighted by molar-refractivity contribution is 0.424. The minimum atomic E-state index is -0.260. The summed E-state index contributed by atoms with van der Waals surface area (Å²) in [7, 11) is 1.85. The summed E-state index contributed by atoms with van der Waals surface area (Å²) in [6.07, 6.45) is 1.93. The van der Waals surface area contributed by atoms with Crippen LogP contribution in [0.4, 0.5) is 4.39 Å². The van der Waals surface area contributed by atoms with Crippen molar-refractivity contribution in [3.05, 3.63) is 40.2 Å². The molecular weight excluding hydrogens is 321 g/mol. The fraction of sp³-hybridized carbons (Fsp3) is 0.400. The fourth-order valence-electron chi connectivity index (χ4n) is 1.93. The quantitative estimate of drug-likeness (QED) is 0.919. The number of hydrogen-bond donors (Lipinski definition) is 1. The van der Waals surface area contributed by atoms with Gasteiger partial charge >= 0.3 is 0 Å². The topological polar surface area (TPSA) is 29.9 Å². The normalized spacial score (nSPS) is 11.9. The first-order chi connectivity index (χ1) is 9.26. The van der Waals surface area contributed by atoms with E-state index >= 15 is 0 Å². The average molecular weight is 340 g/mol. The molecule has 1 aromatic heterocycles. The first-order valence-corrected chi connectivity index (χ1v) is 7.28. The third-order valence-corrected chi connectivity index (χ3v) is 3.39. The highest BCUT2D eigenvalue weighted by Crippen LogP contribution is 2.28. The van der Waals surface area contributed by atoms with Crippen LogP contribution in [-0.4, -0.2) is 15.3 Å². The molecule has 0 saturated carbocycles. The van der Waals surface area contributed by atoms with Crippen LogP contribution in [0.15, 0.2) is 28.9 Å². The van der Waals surface area contributed by atoms with Crippen molar-refractivity contribution in [2.24, 2.45) is 7.05 Å². The summed E-state index contributed by atoms with van der Waals surface area (Å²) in [6, 6.07) is 4.90. The Hall–Kier alpha value is -1.20. The molecule has 3 nitrogen and oxygen atoms in total. The van der Waals surface area contributed by atoms with E-state index in [0.717, 1.165) is 10.0 Å². The van der Waals surface area contributed by atoms with Crippen LogP contribution >= 0.6 is 15.9 Å². The Morgan fingerprint density at radius 2 is 2.05 bits per heavy atom. The van der Waals surface area contributed by atoms with E-state index in [9.17, 15) is 4.39 Å². The summed E-state index contributed by atoms with van der Waals surface area (Å²) in [5, 5.41) is 7.81. The molecule has 1 N–H and O–H groups in total. The molecule has 108 valence electrons. The third kappa shape index (κ3) is 3.67. The lowest BCUT2D eigenvalue weighted by atomic mass is 10.1. The molecule has 0 aliphatic rings. The van der Waals surface area contributed by atoms with E-state index in [1.165, 1.54) is 6.07 Å². The van der Waals surface area contributed by atoms with Crippen LogP contribution < -0.4 is 5.32 Å². The van der Waals surface area contributed by atoms with Gasteiger partial charge in [-0.2, -0.15) is 5.10 Å². The lowest BCUT2D eigenvalue weighted by Crippen LogP contribution is -2.35. The molecule has 0 bridgehead atoms. The third-order valence-electron chi connectivity index (χ3n) is 2.90. The molecule has 20 heavy (non-hydrogen) atoms. The molecule has 1 aromatic carbocycles. The van der Waals surface area contributed by atoms with Crippen molar-refractivity contribution < 1.29 is 4.39 Å². The van der Waals surface area contributed by atoms with Crippen LogP contribution in [0.3, 0.4) is 0 Å². The minimum Gasteiger partial charge on any atom is -0.308 e. The van der Waals surface area contributed by atoms with Gasteiger partial charge in [0.25, 0.3) is 0 Å². The summed E-state index contributed by atoms with van der Waals surface area (Å²) in [4.78, 5) is 0. The number of rotatable bonds is 3. The highest BCUT2D eigenvalue weighted by molar-refractivity contribution is 9.10. The van der Waals surface area contributed by atoms with Crippen LogP contribution in [0.5, 0.6) is 0 Å². The van der Waals surface area contributed by atoms with Crippen molar-refractivity contribution in [3.8, 4) is 11.3 Å². The van der Waals surface area contributed by atoms with Gasteiger partial charge in [-0.3, -0.25) is 4.68 Å². The number of halogens is 2. The minimum absolute atomic E-state index is 0.00290. The van der Waals surface area contributed by atoms with Gasteiger partial charge in [0.1, 0.15) is 5.82 Å². The second kappa shape index (κ2) is 5.66. The maximum atomic E-state index is 14.0. The van der Waals surface area contributed by atoms with Gasteiger partial charge in [0.2, 0.25) is 0 Å². The molecule has 5 heteroatoms. The van der Waals surface area contributed by atoms with Crippen molar-refractivity contribution in [3.63, 3.8) is 0 Å². The lowest BCUT2D eigenvalue weighted by Gasteiger charge is -2.20.